The first-order valence-corrected chi connectivity index (χ1v) is 13.5. The third-order valence-electron chi connectivity index (χ3n) is 12.0. The topological polar surface area (TPSA) is 43.7 Å². The van der Waals surface area contributed by atoms with E-state index < -0.39 is 0 Å². The molecule has 30 heavy (non-hydrogen) atoms. The van der Waals surface area contributed by atoms with Crippen molar-refractivity contribution in [2.75, 3.05) is 13.1 Å². The lowest BCUT2D eigenvalue weighted by atomic mass is 9.51. The van der Waals surface area contributed by atoms with Gasteiger partial charge in [0.2, 0.25) is 0 Å². The molecule has 3 heteroatoms. The van der Waals surface area contributed by atoms with E-state index in [0.717, 1.165) is 79.1 Å². The first-order valence-electron chi connectivity index (χ1n) is 13.5. The summed E-state index contributed by atoms with van der Waals surface area (Å²) in [6, 6.07) is 0.853. The third kappa shape index (κ3) is 2.86. The Morgan fingerprint density at radius 1 is 0.733 bits per heavy atom. The van der Waals surface area contributed by atoms with E-state index >= 15 is 0 Å². The number of piperidine rings is 2. The molecule has 6 fully saturated rings. The van der Waals surface area contributed by atoms with Crippen LogP contribution in [-0.4, -0.2) is 46.5 Å². The van der Waals surface area contributed by atoms with E-state index in [0.29, 0.717) is 5.92 Å². The van der Waals surface area contributed by atoms with Gasteiger partial charge in [0, 0.05) is 19.1 Å². The summed E-state index contributed by atoms with van der Waals surface area (Å²) in [4.78, 5) is 2.92. The Morgan fingerprint density at radius 3 is 2.37 bits per heavy atom. The predicted octanol–water partition coefficient (Wildman–Crippen LogP) is 4.56. The van der Waals surface area contributed by atoms with Crippen LogP contribution in [0.4, 0.5) is 0 Å². The van der Waals surface area contributed by atoms with Crippen LogP contribution < -0.4 is 0 Å². The van der Waals surface area contributed by atoms with Crippen LogP contribution in [0.15, 0.2) is 0 Å². The normalized spacial score (nSPS) is 60.7. The van der Waals surface area contributed by atoms with Crippen molar-refractivity contribution in [2.45, 2.75) is 96.8 Å². The Morgan fingerprint density at radius 2 is 1.53 bits per heavy atom. The smallest absolute Gasteiger partial charge is 0.0577 e. The first kappa shape index (κ1) is 20.5. The van der Waals surface area contributed by atoms with Crippen molar-refractivity contribution in [2.24, 2.45) is 58.7 Å². The van der Waals surface area contributed by atoms with Gasteiger partial charge in [0.15, 0.2) is 0 Å². The maximum atomic E-state index is 11.2. The molecule has 2 heterocycles. The lowest BCUT2D eigenvalue weighted by molar-refractivity contribution is -0.130. The standard InChI is InChI=1S/C27H45NO2/c1-15-4-7-25-16(2)18-5-6-19-20(22(18)14-28(25)13-15)11-23-21(19)12-26(30)24-10-17(29)8-9-27(23,24)3/h15-26,29-30H,4-14H2,1-3H3/t15-,16-,17+,18+,19+,20+,21+,22-,23-,24-,25-,26+,27-/m1/s1. The van der Waals surface area contributed by atoms with Gasteiger partial charge in [0.05, 0.1) is 12.2 Å². The Bertz CT molecular complexity index is 665. The van der Waals surface area contributed by atoms with Gasteiger partial charge in [-0.2, -0.15) is 0 Å². The van der Waals surface area contributed by atoms with E-state index in [1.54, 1.807) is 0 Å². The molecule has 0 bridgehead atoms. The van der Waals surface area contributed by atoms with Crippen LogP contribution in [0.3, 0.4) is 0 Å². The molecule has 6 aliphatic rings. The van der Waals surface area contributed by atoms with Crippen LogP contribution in [0.1, 0.15) is 78.6 Å². The maximum Gasteiger partial charge on any atom is 0.0577 e. The van der Waals surface area contributed by atoms with Gasteiger partial charge in [-0.15, -0.1) is 0 Å². The largest absolute Gasteiger partial charge is 0.393 e. The quantitative estimate of drug-likeness (QED) is 0.609. The highest BCUT2D eigenvalue weighted by molar-refractivity contribution is 5.12. The van der Waals surface area contributed by atoms with Crippen LogP contribution in [0, 0.1) is 58.7 Å². The molecule has 6 rings (SSSR count). The summed E-state index contributed by atoms with van der Waals surface area (Å²) in [5.74, 6) is 7.22. The number of hydrogen-bond acceptors (Lipinski definition) is 3. The van der Waals surface area contributed by atoms with Gasteiger partial charge in [-0.25, -0.2) is 0 Å². The Labute approximate surface area is 184 Å². The second-order valence-corrected chi connectivity index (χ2v) is 13.1. The van der Waals surface area contributed by atoms with Gasteiger partial charge in [0.25, 0.3) is 0 Å². The fraction of sp³-hybridized carbons (Fsp3) is 1.00. The molecule has 0 radical (unpaired) electrons. The molecule has 2 aliphatic heterocycles. The maximum absolute atomic E-state index is 11.2. The minimum absolute atomic E-state index is 0.180. The highest BCUT2D eigenvalue weighted by atomic mass is 16.3. The van der Waals surface area contributed by atoms with Crippen molar-refractivity contribution in [3.05, 3.63) is 0 Å². The van der Waals surface area contributed by atoms with E-state index in [9.17, 15) is 10.2 Å². The molecule has 170 valence electrons. The van der Waals surface area contributed by atoms with Crippen LogP contribution in [0.2, 0.25) is 0 Å². The molecule has 2 saturated heterocycles. The Balaban J connectivity index is 1.28. The van der Waals surface area contributed by atoms with Gasteiger partial charge >= 0.3 is 0 Å². The van der Waals surface area contributed by atoms with Crippen molar-refractivity contribution in [1.29, 1.82) is 0 Å². The number of aliphatic hydroxyl groups is 2. The van der Waals surface area contributed by atoms with Crippen molar-refractivity contribution in [1.82, 2.24) is 4.90 Å². The lowest BCUT2D eigenvalue weighted by Gasteiger charge is -2.56. The molecule has 0 aromatic heterocycles. The monoisotopic (exact) mass is 415 g/mol. The van der Waals surface area contributed by atoms with Crippen molar-refractivity contribution in [3.8, 4) is 0 Å². The Kier molecular flexibility index (Phi) is 4.91. The number of hydrogen-bond donors (Lipinski definition) is 2. The summed E-state index contributed by atoms with van der Waals surface area (Å²) in [7, 11) is 0. The molecule has 4 saturated carbocycles. The van der Waals surface area contributed by atoms with E-state index in [-0.39, 0.29) is 17.6 Å². The number of rotatable bonds is 0. The van der Waals surface area contributed by atoms with E-state index in [4.69, 9.17) is 0 Å². The second kappa shape index (κ2) is 7.19. The van der Waals surface area contributed by atoms with Crippen molar-refractivity contribution in [3.63, 3.8) is 0 Å². The fourth-order valence-electron chi connectivity index (χ4n) is 10.6. The van der Waals surface area contributed by atoms with E-state index in [1.807, 2.05) is 0 Å². The molecule has 4 aliphatic carbocycles. The average Bonchev–Trinajstić information content (AvgIpc) is 3.09. The van der Waals surface area contributed by atoms with Crippen LogP contribution in [-0.2, 0) is 0 Å². The van der Waals surface area contributed by atoms with Crippen LogP contribution >= 0.6 is 0 Å². The van der Waals surface area contributed by atoms with Crippen LogP contribution in [0.25, 0.3) is 0 Å². The van der Waals surface area contributed by atoms with Gasteiger partial charge in [-0.3, -0.25) is 4.90 Å². The van der Waals surface area contributed by atoms with Crippen molar-refractivity contribution >= 4 is 0 Å². The second-order valence-electron chi connectivity index (χ2n) is 13.1. The summed E-state index contributed by atoms with van der Waals surface area (Å²) in [6.45, 7) is 10.3. The summed E-state index contributed by atoms with van der Waals surface area (Å²) < 4.78 is 0. The molecule has 2 N–H and O–H groups in total. The molecular weight excluding hydrogens is 370 g/mol. The highest BCUT2D eigenvalue weighted by Gasteiger charge is 2.62. The molecule has 13 atom stereocenters. The van der Waals surface area contributed by atoms with Crippen LogP contribution in [0.5, 0.6) is 0 Å². The molecule has 0 aromatic rings. The zero-order valence-corrected chi connectivity index (χ0v) is 19.5. The first-order chi connectivity index (χ1) is 14.4. The third-order valence-corrected chi connectivity index (χ3v) is 12.0. The average molecular weight is 416 g/mol. The van der Waals surface area contributed by atoms with E-state index in [1.165, 1.54) is 45.2 Å². The minimum Gasteiger partial charge on any atom is -0.393 e. The predicted molar refractivity (Wildman–Crippen MR) is 120 cm³/mol. The molecule has 0 aromatic carbocycles. The zero-order chi connectivity index (χ0) is 20.8. The number of aliphatic hydroxyl groups excluding tert-OH is 2. The minimum atomic E-state index is -0.181. The molecule has 0 spiro atoms. The van der Waals surface area contributed by atoms with Crippen molar-refractivity contribution < 1.29 is 10.2 Å². The van der Waals surface area contributed by atoms with Gasteiger partial charge in [-0.05, 0) is 116 Å². The van der Waals surface area contributed by atoms with Gasteiger partial charge in [0.1, 0.15) is 0 Å². The summed E-state index contributed by atoms with van der Waals surface area (Å²) in [5.41, 5.74) is 0.261. The highest BCUT2D eigenvalue weighted by Crippen LogP contribution is 2.67. The molecule has 3 nitrogen and oxygen atoms in total. The fourth-order valence-corrected chi connectivity index (χ4v) is 10.6. The summed E-state index contributed by atoms with van der Waals surface area (Å²) >= 11 is 0. The summed E-state index contributed by atoms with van der Waals surface area (Å²) in [6.07, 6.45) is 10.7. The van der Waals surface area contributed by atoms with Gasteiger partial charge in [-0.1, -0.05) is 20.8 Å². The lowest BCUT2D eigenvalue weighted by Crippen LogP contribution is -2.58. The van der Waals surface area contributed by atoms with E-state index in [2.05, 4.69) is 25.7 Å². The number of fused-ring (bicyclic) bond motifs is 8. The summed E-state index contributed by atoms with van der Waals surface area (Å²) in [5, 5.41) is 21.5. The number of nitrogens with zero attached hydrogens (tertiary/aromatic N) is 1. The molecule has 0 amide bonds. The zero-order valence-electron chi connectivity index (χ0n) is 19.5. The van der Waals surface area contributed by atoms with Gasteiger partial charge < -0.3 is 10.2 Å². The molecular formula is C27H45NO2. The molecule has 0 unspecified atom stereocenters. The SMILES string of the molecule is C[C@@H]1CC[C@@H]2[C@H](C)[C@@H]3CC[C@H]4[C@H](C[C@@H]5[C@H]4C[C@H](O)[C@H]4C[C@@H](O)CC[C@]54C)[C@@H]3CN2C1. The Hall–Kier alpha value is -0.120.